The summed E-state index contributed by atoms with van der Waals surface area (Å²) in [6.07, 6.45) is 3.72. The molecule has 1 aromatic carbocycles. The fraction of sp³-hybridized carbons (Fsp3) is 0.125. The van der Waals surface area contributed by atoms with Crippen LogP contribution in [0, 0.1) is 0 Å². The van der Waals surface area contributed by atoms with Gasteiger partial charge in [0.2, 0.25) is 0 Å². The highest BCUT2D eigenvalue weighted by molar-refractivity contribution is 7.81. The number of hydrogen-bond donors (Lipinski definition) is 2. The van der Waals surface area contributed by atoms with Crippen LogP contribution < -0.4 is 9.88 Å². The second-order valence-corrected chi connectivity index (χ2v) is 4.61. The number of aliphatic hydroxyl groups excluding tert-OH is 1. The highest BCUT2D eigenvalue weighted by atomic mass is 32.1. The first kappa shape index (κ1) is 14.2. The zero-order valence-corrected chi connectivity index (χ0v) is 12.1. The number of rotatable bonds is 4. The number of pyridine rings is 1. The fourth-order valence-corrected chi connectivity index (χ4v) is 2.22. The quantitative estimate of drug-likeness (QED) is 0.392. The lowest BCUT2D eigenvalue weighted by Gasteiger charge is -2.08. The molecule has 20 heavy (non-hydrogen) atoms. The zero-order chi connectivity index (χ0) is 14.4. The average Bonchev–Trinajstić information content (AvgIpc) is 2.50. The van der Waals surface area contributed by atoms with Gasteiger partial charge in [-0.3, -0.25) is 0 Å². The maximum atomic E-state index is 10.6. The van der Waals surface area contributed by atoms with Crippen LogP contribution in [-0.2, 0) is 0 Å². The van der Waals surface area contributed by atoms with Gasteiger partial charge in [0.1, 0.15) is 0 Å². The van der Waals surface area contributed by atoms with E-state index < -0.39 is 0 Å². The van der Waals surface area contributed by atoms with Gasteiger partial charge in [-0.1, -0.05) is 48.6 Å². The van der Waals surface area contributed by atoms with Gasteiger partial charge < -0.3 is 10.4 Å². The minimum absolute atomic E-state index is 0.160. The Bertz CT molecular complexity index is 609. The Balaban J connectivity index is 2.54. The molecule has 0 atom stereocenters. The van der Waals surface area contributed by atoms with Crippen LogP contribution in [0.3, 0.4) is 0 Å². The Labute approximate surface area is 124 Å². The third-order valence-corrected chi connectivity index (χ3v) is 3.14. The van der Waals surface area contributed by atoms with Crippen molar-refractivity contribution in [3.8, 4) is 0 Å². The van der Waals surface area contributed by atoms with E-state index in [4.69, 9.17) is 12.2 Å². The maximum Gasteiger partial charge on any atom is 0.287 e. The van der Waals surface area contributed by atoms with E-state index in [1.807, 2.05) is 72.4 Å². The number of aliphatic hydroxyl groups is 1. The summed E-state index contributed by atoms with van der Waals surface area (Å²) in [6, 6.07) is 15.1. The Morgan fingerprint density at radius 2 is 1.70 bits per heavy atom. The van der Waals surface area contributed by atoms with Crippen molar-refractivity contribution in [2.75, 3.05) is 6.54 Å². The second-order valence-electron chi connectivity index (χ2n) is 4.21. The van der Waals surface area contributed by atoms with E-state index in [1.165, 1.54) is 0 Å². The summed E-state index contributed by atoms with van der Waals surface area (Å²) in [6.45, 7) is 2.68. The Morgan fingerprint density at radius 1 is 1.10 bits per heavy atom. The molecule has 1 aromatic heterocycles. The highest BCUT2D eigenvalue weighted by Crippen LogP contribution is 2.16. The van der Waals surface area contributed by atoms with E-state index >= 15 is 0 Å². The fourth-order valence-electron chi connectivity index (χ4n) is 1.87. The van der Waals surface area contributed by atoms with Gasteiger partial charge in [0.05, 0.1) is 0 Å². The number of aromatic nitrogens is 1. The lowest BCUT2D eigenvalue weighted by atomic mass is 10.1. The molecular weight excluding hydrogens is 268 g/mol. The lowest BCUT2D eigenvalue weighted by molar-refractivity contribution is -0.576. The van der Waals surface area contributed by atoms with E-state index in [2.05, 4.69) is 5.32 Å². The van der Waals surface area contributed by atoms with Gasteiger partial charge in [-0.25, -0.2) is 0 Å². The minimum Gasteiger partial charge on any atom is -0.502 e. The van der Waals surface area contributed by atoms with Gasteiger partial charge in [0.25, 0.3) is 5.70 Å². The Morgan fingerprint density at radius 3 is 2.30 bits per heavy atom. The molecule has 0 saturated heterocycles. The Kier molecular flexibility index (Phi) is 4.85. The number of nitrogens with zero attached hydrogens (tertiary/aromatic N) is 1. The molecule has 0 spiro atoms. The van der Waals surface area contributed by atoms with Crippen molar-refractivity contribution in [2.45, 2.75) is 6.92 Å². The predicted molar refractivity (Wildman–Crippen MR) is 85.1 cm³/mol. The minimum atomic E-state index is 0.160. The summed E-state index contributed by atoms with van der Waals surface area (Å²) in [5, 5.41) is 13.6. The van der Waals surface area contributed by atoms with Crippen LogP contribution in [0.1, 0.15) is 12.5 Å². The number of benzene rings is 1. The summed E-state index contributed by atoms with van der Waals surface area (Å²) in [4.78, 5) is 0.519. The first-order chi connectivity index (χ1) is 9.74. The third kappa shape index (κ3) is 3.22. The molecule has 0 amide bonds. The number of nitrogens with one attached hydrogen (secondary N) is 1. The van der Waals surface area contributed by atoms with E-state index in [1.54, 1.807) is 0 Å². The van der Waals surface area contributed by atoms with E-state index in [9.17, 15) is 5.11 Å². The van der Waals surface area contributed by atoms with Crippen molar-refractivity contribution >= 4 is 28.7 Å². The van der Waals surface area contributed by atoms with Gasteiger partial charge in [0.15, 0.2) is 23.1 Å². The first-order valence-electron chi connectivity index (χ1n) is 6.47. The molecular formula is C16H17N2OS+. The summed E-state index contributed by atoms with van der Waals surface area (Å²) >= 11 is 5.38. The van der Waals surface area contributed by atoms with Crippen molar-refractivity contribution in [3.63, 3.8) is 0 Å². The van der Waals surface area contributed by atoms with Crippen LogP contribution >= 0.6 is 12.2 Å². The van der Waals surface area contributed by atoms with E-state index in [0.717, 1.165) is 5.56 Å². The molecule has 0 unspecified atom stereocenters. The number of hydrogen-bond acceptors (Lipinski definition) is 2. The van der Waals surface area contributed by atoms with E-state index in [0.29, 0.717) is 17.2 Å². The molecule has 2 N–H and O–H groups in total. The van der Waals surface area contributed by atoms with Crippen molar-refractivity contribution in [2.24, 2.45) is 0 Å². The molecule has 2 rings (SSSR count). The molecule has 2 aromatic rings. The smallest absolute Gasteiger partial charge is 0.287 e. The Hall–Kier alpha value is -2.20. The maximum absolute atomic E-state index is 10.6. The predicted octanol–water partition coefficient (Wildman–Crippen LogP) is 2.79. The summed E-state index contributed by atoms with van der Waals surface area (Å²) in [5.41, 5.74) is 1.31. The van der Waals surface area contributed by atoms with Crippen LogP contribution in [0.15, 0.2) is 60.9 Å². The van der Waals surface area contributed by atoms with Crippen LogP contribution in [0.5, 0.6) is 0 Å². The SMILES string of the molecule is CCNC(=S)/C(=C(\O)c1ccccc1)[n+]1ccccc1. The second kappa shape index (κ2) is 6.82. The van der Waals surface area contributed by atoms with Crippen molar-refractivity contribution in [1.29, 1.82) is 0 Å². The highest BCUT2D eigenvalue weighted by Gasteiger charge is 2.22. The zero-order valence-electron chi connectivity index (χ0n) is 11.3. The molecule has 102 valence electrons. The summed E-state index contributed by atoms with van der Waals surface area (Å²) in [7, 11) is 0. The van der Waals surface area contributed by atoms with Crippen molar-refractivity contribution < 1.29 is 9.67 Å². The lowest BCUT2D eigenvalue weighted by Crippen LogP contribution is -2.40. The standard InChI is InChI=1S/C16H16N2OS/c1-2-17-16(20)14(18-11-7-4-8-12-18)15(19)13-9-5-3-6-10-13/h3-12H,2H2,1H3,(H-,17,19,20)/p+1. The number of thiocarbonyl (C=S) groups is 1. The molecule has 3 nitrogen and oxygen atoms in total. The van der Waals surface area contributed by atoms with Crippen molar-refractivity contribution in [1.82, 2.24) is 5.32 Å². The van der Waals surface area contributed by atoms with Gasteiger partial charge in [-0.2, -0.15) is 4.57 Å². The first-order valence-corrected chi connectivity index (χ1v) is 6.88. The normalized spacial score (nSPS) is 11.7. The van der Waals surface area contributed by atoms with Crippen LogP contribution in [0.2, 0.25) is 0 Å². The van der Waals surface area contributed by atoms with Gasteiger partial charge in [-0.15, -0.1) is 0 Å². The van der Waals surface area contributed by atoms with E-state index in [-0.39, 0.29) is 5.76 Å². The third-order valence-electron chi connectivity index (χ3n) is 2.80. The van der Waals surface area contributed by atoms with Crippen LogP contribution in [0.25, 0.3) is 11.5 Å². The summed E-state index contributed by atoms with van der Waals surface area (Å²) in [5.74, 6) is 0.160. The molecule has 0 radical (unpaired) electrons. The average molecular weight is 285 g/mol. The molecule has 0 bridgehead atoms. The largest absolute Gasteiger partial charge is 0.502 e. The van der Waals surface area contributed by atoms with Crippen molar-refractivity contribution in [3.05, 3.63) is 66.5 Å². The molecule has 1 heterocycles. The molecule has 4 heteroatoms. The van der Waals surface area contributed by atoms with Gasteiger partial charge >= 0.3 is 0 Å². The van der Waals surface area contributed by atoms with Crippen LogP contribution in [-0.4, -0.2) is 16.6 Å². The van der Waals surface area contributed by atoms with Gasteiger partial charge in [-0.05, 0) is 6.92 Å². The molecule has 0 aliphatic rings. The summed E-state index contributed by atoms with van der Waals surface area (Å²) < 4.78 is 1.81. The molecule has 0 fully saturated rings. The number of likely N-dealkylation sites (N-methyl/N-ethyl adjacent to an activating group) is 1. The van der Waals surface area contributed by atoms with Gasteiger partial charge in [0, 0.05) is 24.2 Å². The molecule has 0 aliphatic carbocycles. The monoisotopic (exact) mass is 285 g/mol. The topological polar surface area (TPSA) is 36.1 Å². The van der Waals surface area contributed by atoms with Crippen LogP contribution in [0.4, 0.5) is 0 Å². The molecule has 0 aliphatic heterocycles. The molecule has 0 saturated carbocycles.